The molecule has 3 heterocycles. The Hall–Kier alpha value is -6.85. The van der Waals surface area contributed by atoms with Crippen LogP contribution in [0.2, 0.25) is 0 Å². The molecule has 10 rings (SSSR count). The Morgan fingerprint density at radius 1 is 0.320 bits per heavy atom. The normalized spacial score (nSPS) is 11.6. The van der Waals surface area contributed by atoms with Crippen molar-refractivity contribution >= 4 is 43.9 Å². The molecule has 0 aliphatic carbocycles. The number of aromatic nitrogens is 3. The third-order valence-electron chi connectivity index (χ3n) is 9.37. The molecule has 0 saturated heterocycles. The van der Waals surface area contributed by atoms with Gasteiger partial charge in [0, 0.05) is 43.8 Å². The molecule has 7 aromatic carbocycles. The molecule has 10 aromatic rings. The van der Waals surface area contributed by atoms with Gasteiger partial charge in [0.2, 0.25) is 0 Å². The lowest BCUT2D eigenvalue weighted by atomic mass is 9.96. The highest BCUT2D eigenvalue weighted by Crippen LogP contribution is 2.40. The van der Waals surface area contributed by atoms with Crippen LogP contribution in [-0.4, -0.2) is 15.0 Å². The molecule has 0 saturated carbocycles. The molecule has 0 bridgehead atoms. The summed E-state index contributed by atoms with van der Waals surface area (Å²) in [7, 11) is 0. The lowest BCUT2D eigenvalue weighted by molar-refractivity contribution is 0.669. The average molecular weight is 642 g/mol. The van der Waals surface area contributed by atoms with Gasteiger partial charge in [-0.1, -0.05) is 140 Å². The number of fused-ring (bicyclic) bond motifs is 6. The molecular weight excluding hydrogens is 615 g/mol. The summed E-state index contributed by atoms with van der Waals surface area (Å²) in [5.74, 6) is 1.85. The predicted octanol–water partition coefficient (Wildman–Crippen LogP) is 12.0. The van der Waals surface area contributed by atoms with E-state index < -0.39 is 0 Å². The van der Waals surface area contributed by atoms with Gasteiger partial charge in [-0.15, -0.1) is 0 Å². The zero-order valence-corrected chi connectivity index (χ0v) is 26.7. The number of benzene rings is 7. The third kappa shape index (κ3) is 4.67. The molecule has 0 aliphatic rings. The van der Waals surface area contributed by atoms with E-state index in [1.165, 1.54) is 0 Å². The Labute approximate surface area is 287 Å². The second kappa shape index (κ2) is 11.4. The summed E-state index contributed by atoms with van der Waals surface area (Å²) in [6, 6.07) is 55.7. The van der Waals surface area contributed by atoms with Gasteiger partial charge in [-0.2, -0.15) is 0 Å². The SMILES string of the molecule is c1ccc(-c2nc(-c3ccccc3)nc(-c3ccc4c(c3)oc3cccc(-c5ccc(-c6cccc7c6oc6ccccc67)cc5)c34)n2)cc1. The summed E-state index contributed by atoms with van der Waals surface area (Å²) < 4.78 is 12.8. The zero-order valence-electron chi connectivity index (χ0n) is 26.7. The standard InChI is InChI=1S/C45H27N3O2/c1-3-11-30(12-4-1)43-46-44(31-13-5-2-6-14-31)48-45(47-43)32-25-26-37-40(27-32)49-39-20-10-16-33(41(37)39)28-21-23-29(24-22-28)34-17-9-18-36-35-15-7-8-19-38(35)50-42(34)36/h1-27H. The molecule has 0 amide bonds. The van der Waals surface area contributed by atoms with Crippen molar-refractivity contribution < 1.29 is 8.83 Å². The van der Waals surface area contributed by atoms with E-state index in [2.05, 4.69) is 72.8 Å². The lowest BCUT2D eigenvalue weighted by Crippen LogP contribution is -2.00. The maximum absolute atomic E-state index is 6.49. The second-order valence-electron chi connectivity index (χ2n) is 12.4. The molecule has 0 radical (unpaired) electrons. The number of hydrogen-bond donors (Lipinski definition) is 0. The zero-order chi connectivity index (χ0) is 33.0. The largest absolute Gasteiger partial charge is 0.456 e. The van der Waals surface area contributed by atoms with Crippen LogP contribution in [0.15, 0.2) is 173 Å². The van der Waals surface area contributed by atoms with E-state index in [1.54, 1.807) is 0 Å². The van der Waals surface area contributed by atoms with Crippen LogP contribution in [0.1, 0.15) is 0 Å². The van der Waals surface area contributed by atoms with E-state index in [0.717, 1.165) is 82.8 Å². The van der Waals surface area contributed by atoms with Gasteiger partial charge in [0.1, 0.15) is 22.3 Å². The van der Waals surface area contributed by atoms with Gasteiger partial charge in [-0.3, -0.25) is 0 Å². The van der Waals surface area contributed by atoms with Gasteiger partial charge in [-0.25, -0.2) is 15.0 Å². The third-order valence-corrected chi connectivity index (χ3v) is 9.37. The van der Waals surface area contributed by atoms with Gasteiger partial charge in [0.05, 0.1) is 0 Å². The molecule has 5 nitrogen and oxygen atoms in total. The van der Waals surface area contributed by atoms with Gasteiger partial charge in [0.15, 0.2) is 17.5 Å². The van der Waals surface area contributed by atoms with E-state index in [0.29, 0.717) is 17.5 Å². The highest BCUT2D eigenvalue weighted by atomic mass is 16.3. The maximum Gasteiger partial charge on any atom is 0.164 e. The Morgan fingerprint density at radius 3 is 1.58 bits per heavy atom. The minimum absolute atomic E-state index is 0.593. The van der Waals surface area contributed by atoms with Crippen LogP contribution in [0, 0.1) is 0 Å². The van der Waals surface area contributed by atoms with Crippen LogP contribution in [0.25, 0.3) is 100 Å². The first-order valence-corrected chi connectivity index (χ1v) is 16.6. The number of para-hydroxylation sites is 2. The van der Waals surface area contributed by atoms with Crippen molar-refractivity contribution in [2.75, 3.05) is 0 Å². The molecule has 234 valence electrons. The average Bonchev–Trinajstić information content (AvgIpc) is 3.77. The number of nitrogens with zero attached hydrogens (tertiary/aromatic N) is 3. The molecule has 0 aliphatic heterocycles. The highest BCUT2D eigenvalue weighted by Gasteiger charge is 2.17. The fourth-order valence-corrected chi connectivity index (χ4v) is 6.95. The van der Waals surface area contributed by atoms with Crippen LogP contribution in [0.5, 0.6) is 0 Å². The van der Waals surface area contributed by atoms with Crippen molar-refractivity contribution in [2.24, 2.45) is 0 Å². The predicted molar refractivity (Wildman–Crippen MR) is 202 cm³/mol. The Bertz CT molecular complexity index is 2800. The van der Waals surface area contributed by atoms with Crippen LogP contribution < -0.4 is 0 Å². The fraction of sp³-hybridized carbons (Fsp3) is 0. The number of rotatable bonds is 5. The topological polar surface area (TPSA) is 65.0 Å². The molecule has 5 heteroatoms. The smallest absolute Gasteiger partial charge is 0.164 e. The van der Waals surface area contributed by atoms with Crippen LogP contribution in [-0.2, 0) is 0 Å². The van der Waals surface area contributed by atoms with Crippen LogP contribution in [0.4, 0.5) is 0 Å². The quantitative estimate of drug-likeness (QED) is 0.187. The van der Waals surface area contributed by atoms with E-state index >= 15 is 0 Å². The summed E-state index contributed by atoms with van der Waals surface area (Å²) in [6.07, 6.45) is 0. The minimum Gasteiger partial charge on any atom is -0.456 e. The summed E-state index contributed by atoms with van der Waals surface area (Å²) in [5, 5.41) is 4.37. The molecule has 0 unspecified atom stereocenters. The Kier molecular flexibility index (Phi) is 6.42. The first-order valence-electron chi connectivity index (χ1n) is 16.6. The van der Waals surface area contributed by atoms with Crippen molar-refractivity contribution in [3.05, 3.63) is 164 Å². The first kappa shape index (κ1) is 28.2. The lowest BCUT2D eigenvalue weighted by Gasteiger charge is -2.08. The van der Waals surface area contributed by atoms with Gasteiger partial charge >= 0.3 is 0 Å². The molecular formula is C45H27N3O2. The molecule has 3 aromatic heterocycles. The Balaban J connectivity index is 1.06. The molecule has 0 fully saturated rings. The van der Waals surface area contributed by atoms with E-state index in [9.17, 15) is 0 Å². The van der Waals surface area contributed by atoms with E-state index in [4.69, 9.17) is 23.8 Å². The second-order valence-corrected chi connectivity index (χ2v) is 12.4. The summed E-state index contributed by atoms with van der Waals surface area (Å²) in [5.41, 5.74) is 10.5. The Morgan fingerprint density at radius 2 is 0.860 bits per heavy atom. The van der Waals surface area contributed by atoms with Gasteiger partial charge in [0.25, 0.3) is 0 Å². The molecule has 0 atom stereocenters. The number of furan rings is 2. The van der Waals surface area contributed by atoms with Crippen molar-refractivity contribution in [1.82, 2.24) is 15.0 Å². The molecule has 50 heavy (non-hydrogen) atoms. The minimum atomic E-state index is 0.593. The van der Waals surface area contributed by atoms with Crippen molar-refractivity contribution in [3.8, 4) is 56.4 Å². The van der Waals surface area contributed by atoms with Crippen molar-refractivity contribution in [2.45, 2.75) is 0 Å². The summed E-state index contributed by atoms with van der Waals surface area (Å²) in [4.78, 5) is 14.7. The van der Waals surface area contributed by atoms with E-state index in [1.807, 2.05) is 91.0 Å². The highest BCUT2D eigenvalue weighted by molar-refractivity contribution is 6.13. The number of hydrogen-bond acceptors (Lipinski definition) is 5. The van der Waals surface area contributed by atoms with Crippen LogP contribution >= 0.6 is 0 Å². The van der Waals surface area contributed by atoms with E-state index in [-0.39, 0.29) is 0 Å². The van der Waals surface area contributed by atoms with Crippen molar-refractivity contribution in [3.63, 3.8) is 0 Å². The molecule has 0 spiro atoms. The van der Waals surface area contributed by atoms with Crippen molar-refractivity contribution in [1.29, 1.82) is 0 Å². The maximum atomic E-state index is 6.49. The molecule has 0 N–H and O–H groups in total. The first-order chi connectivity index (χ1) is 24.8. The summed E-state index contributed by atoms with van der Waals surface area (Å²) in [6.45, 7) is 0. The fourth-order valence-electron chi connectivity index (χ4n) is 6.95. The monoisotopic (exact) mass is 641 g/mol. The van der Waals surface area contributed by atoms with Crippen LogP contribution in [0.3, 0.4) is 0 Å². The van der Waals surface area contributed by atoms with Gasteiger partial charge < -0.3 is 8.83 Å². The summed E-state index contributed by atoms with van der Waals surface area (Å²) >= 11 is 0. The van der Waals surface area contributed by atoms with Gasteiger partial charge in [-0.05, 0) is 41.0 Å².